The van der Waals surface area contributed by atoms with Crippen molar-refractivity contribution in [1.29, 1.82) is 0 Å². The zero-order valence-corrected chi connectivity index (χ0v) is 16.8. The van der Waals surface area contributed by atoms with E-state index >= 15 is 0 Å². The highest BCUT2D eigenvalue weighted by atomic mass is 79.9. The Kier molecular flexibility index (Phi) is 6.45. The largest absolute Gasteiger partial charge is 0.419 e. The van der Waals surface area contributed by atoms with Gasteiger partial charge in [-0.2, -0.15) is 26.3 Å². The molecule has 0 heterocycles. The number of nitrogens with zero attached hydrogens (tertiary/aromatic N) is 2. The Morgan fingerprint density at radius 3 is 1.87 bits per heavy atom. The van der Waals surface area contributed by atoms with E-state index in [-0.39, 0.29) is 12.1 Å². The highest BCUT2D eigenvalue weighted by Crippen LogP contribution is 2.49. The molecule has 0 atom stereocenters. The lowest BCUT2D eigenvalue weighted by Crippen LogP contribution is -2.13. The van der Waals surface area contributed by atoms with Gasteiger partial charge >= 0.3 is 12.4 Å². The third-order valence-electron chi connectivity index (χ3n) is 3.52. The predicted molar refractivity (Wildman–Crippen MR) is 97.2 cm³/mol. The Hall–Kier alpha value is -2.32. The molecule has 2 aromatic carbocycles. The lowest BCUT2D eigenvalue weighted by atomic mass is 10.1. The first kappa shape index (κ1) is 24.0. The normalized spacial score (nSPS) is 12.0. The molecule has 2 aromatic rings. The van der Waals surface area contributed by atoms with E-state index in [1.807, 2.05) is 5.32 Å². The van der Waals surface area contributed by atoms with E-state index in [9.17, 15) is 46.6 Å². The van der Waals surface area contributed by atoms with Crippen molar-refractivity contribution < 1.29 is 36.2 Å². The van der Waals surface area contributed by atoms with Gasteiger partial charge in [0.25, 0.3) is 11.4 Å². The van der Waals surface area contributed by atoms with Crippen LogP contribution in [0.4, 0.5) is 49.1 Å². The van der Waals surface area contributed by atoms with Crippen LogP contribution in [0.25, 0.3) is 0 Å². The Bertz CT molecular complexity index is 1060. The number of nitro benzene ring substituents is 2. The Labute approximate surface area is 180 Å². The van der Waals surface area contributed by atoms with E-state index in [1.165, 1.54) is 0 Å². The molecule has 2 rings (SSSR count). The molecule has 0 aliphatic carbocycles. The Morgan fingerprint density at radius 2 is 1.43 bits per heavy atom. The van der Waals surface area contributed by atoms with Crippen molar-refractivity contribution in [2.75, 3.05) is 5.32 Å². The van der Waals surface area contributed by atoms with Crippen molar-refractivity contribution in [3.05, 3.63) is 64.1 Å². The molecule has 0 saturated carbocycles. The summed E-state index contributed by atoms with van der Waals surface area (Å²) >= 11 is 13.8. The summed E-state index contributed by atoms with van der Waals surface area (Å²) < 4.78 is 79.1. The van der Waals surface area contributed by atoms with Crippen LogP contribution in [-0.4, -0.2) is 9.85 Å². The molecule has 30 heavy (non-hydrogen) atoms. The number of non-ortho nitro benzene ring substituents is 1. The fraction of sp³-hybridized carbons (Fsp3) is 0.143. The molecule has 0 fully saturated rings. The van der Waals surface area contributed by atoms with Crippen molar-refractivity contribution in [2.45, 2.75) is 12.4 Å². The SMILES string of the molecule is O=[N+]([O-])c1cc([N+](=O)[O-])c(Nc2c(Cl)cc(Cl)c(C(F)(F)F)c2Br)c(C(F)(F)F)c1. The van der Waals surface area contributed by atoms with Gasteiger partial charge < -0.3 is 5.32 Å². The van der Waals surface area contributed by atoms with Crippen molar-refractivity contribution in [3.63, 3.8) is 0 Å². The fourth-order valence-corrected chi connectivity index (χ4v) is 3.90. The average Bonchev–Trinajstić information content (AvgIpc) is 2.55. The van der Waals surface area contributed by atoms with Crippen molar-refractivity contribution in [1.82, 2.24) is 0 Å². The second-order valence-electron chi connectivity index (χ2n) is 5.43. The molecule has 16 heteroatoms. The quantitative estimate of drug-likeness (QED) is 0.247. The smallest absolute Gasteiger partial charge is 0.347 e. The van der Waals surface area contributed by atoms with Crippen LogP contribution in [0.2, 0.25) is 10.0 Å². The standard InChI is InChI=1S/C14H4BrCl2F6N3O4/c15-10-9(14(21,22)23)6(16)3-7(17)12(10)24-11-5(13(18,19)20)1-4(25(27)28)2-8(11)26(29)30/h1-3,24H. The van der Waals surface area contributed by atoms with E-state index in [2.05, 4.69) is 15.9 Å². The number of benzene rings is 2. The minimum Gasteiger partial charge on any atom is -0.347 e. The van der Waals surface area contributed by atoms with E-state index in [0.717, 1.165) is 0 Å². The summed E-state index contributed by atoms with van der Waals surface area (Å²) in [7, 11) is 0. The molecule has 0 bridgehead atoms. The van der Waals surface area contributed by atoms with Crippen LogP contribution in [-0.2, 0) is 12.4 Å². The van der Waals surface area contributed by atoms with Gasteiger partial charge in [-0.15, -0.1) is 0 Å². The number of nitro groups is 2. The van der Waals surface area contributed by atoms with Gasteiger partial charge in [-0.25, -0.2) is 0 Å². The van der Waals surface area contributed by atoms with E-state index < -0.39 is 70.6 Å². The predicted octanol–water partition coefficient (Wildman–Crippen LogP) is 7.35. The van der Waals surface area contributed by atoms with Crippen LogP contribution in [0, 0.1) is 20.2 Å². The summed E-state index contributed by atoms with van der Waals surface area (Å²) in [6, 6.07) is 0.793. The molecule has 0 saturated heterocycles. The monoisotopic (exact) mass is 541 g/mol. The zero-order chi connectivity index (χ0) is 23.2. The van der Waals surface area contributed by atoms with E-state index in [1.54, 1.807) is 0 Å². The first-order chi connectivity index (χ1) is 13.6. The van der Waals surface area contributed by atoms with Crippen molar-refractivity contribution >= 4 is 61.9 Å². The fourth-order valence-electron chi connectivity index (χ4n) is 2.31. The number of hydrogen-bond donors (Lipinski definition) is 1. The number of anilines is 2. The van der Waals surface area contributed by atoms with Gasteiger partial charge in [0.1, 0.15) is 5.69 Å². The first-order valence-corrected chi connectivity index (χ1v) is 8.66. The number of rotatable bonds is 4. The van der Waals surface area contributed by atoms with Gasteiger partial charge in [-0.1, -0.05) is 23.2 Å². The van der Waals surface area contributed by atoms with Gasteiger partial charge in [-0.05, 0) is 22.0 Å². The summed E-state index contributed by atoms with van der Waals surface area (Å²) in [4.78, 5) is 19.4. The average molecular weight is 543 g/mol. The molecule has 0 amide bonds. The highest BCUT2D eigenvalue weighted by Gasteiger charge is 2.41. The molecule has 0 aliphatic heterocycles. The third-order valence-corrected chi connectivity index (χ3v) is 4.91. The van der Waals surface area contributed by atoms with Crippen molar-refractivity contribution in [3.8, 4) is 0 Å². The maximum atomic E-state index is 13.4. The molecular weight excluding hydrogens is 539 g/mol. The van der Waals surface area contributed by atoms with Gasteiger partial charge in [0.2, 0.25) is 0 Å². The minimum atomic E-state index is -5.35. The van der Waals surface area contributed by atoms with E-state index in [4.69, 9.17) is 23.2 Å². The zero-order valence-electron chi connectivity index (χ0n) is 13.7. The topological polar surface area (TPSA) is 98.3 Å². The van der Waals surface area contributed by atoms with Crippen LogP contribution >= 0.6 is 39.1 Å². The van der Waals surface area contributed by atoms with Gasteiger partial charge in [0, 0.05) is 6.07 Å². The number of hydrogen-bond acceptors (Lipinski definition) is 5. The summed E-state index contributed by atoms with van der Waals surface area (Å²) in [6.45, 7) is 0. The van der Waals surface area contributed by atoms with Gasteiger partial charge in [0.05, 0.1) is 47.2 Å². The van der Waals surface area contributed by atoms with E-state index in [0.29, 0.717) is 6.07 Å². The second kappa shape index (κ2) is 8.07. The van der Waals surface area contributed by atoms with Crippen LogP contribution < -0.4 is 5.32 Å². The van der Waals surface area contributed by atoms with Gasteiger partial charge in [0.15, 0.2) is 0 Å². The maximum absolute atomic E-state index is 13.4. The maximum Gasteiger partial charge on any atom is 0.419 e. The molecule has 1 N–H and O–H groups in total. The molecule has 7 nitrogen and oxygen atoms in total. The summed E-state index contributed by atoms with van der Waals surface area (Å²) in [5, 5.41) is 22.4. The molecular formula is C14H4BrCl2F6N3O4. The number of alkyl halides is 6. The van der Waals surface area contributed by atoms with Crippen LogP contribution in [0.15, 0.2) is 22.7 Å². The highest BCUT2D eigenvalue weighted by molar-refractivity contribution is 9.10. The van der Waals surface area contributed by atoms with Crippen LogP contribution in [0.1, 0.15) is 11.1 Å². The molecule has 162 valence electrons. The Morgan fingerprint density at radius 1 is 0.867 bits per heavy atom. The minimum absolute atomic E-state index is 0.00225. The second-order valence-corrected chi connectivity index (χ2v) is 7.03. The van der Waals surface area contributed by atoms with Gasteiger partial charge in [-0.3, -0.25) is 20.2 Å². The van der Waals surface area contributed by atoms with Crippen molar-refractivity contribution in [2.24, 2.45) is 0 Å². The molecule has 0 aliphatic rings. The van der Waals surface area contributed by atoms with Crippen LogP contribution in [0.5, 0.6) is 0 Å². The summed E-state index contributed by atoms with van der Waals surface area (Å²) in [5.41, 5.74) is -8.21. The molecule has 0 radical (unpaired) electrons. The molecule has 0 aromatic heterocycles. The summed E-state index contributed by atoms with van der Waals surface area (Å²) in [6.07, 6.45) is -10.4. The lowest BCUT2D eigenvalue weighted by Gasteiger charge is -2.19. The molecule has 0 spiro atoms. The molecule has 0 unspecified atom stereocenters. The first-order valence-electron chi connectivity index (χ1n) is 7.11. The number of halogens is 9. The lowest BCUT2D eigenvalue weighted by molar-refractivity contribution is -0.394. The Balaban J connectivity index is 2.87. The third kappa shape index (κ3) is 4.70. The van der Waals surface area contributed by atoms with Crippen LogP contribution in [0.3, 0.4) is 0 Å². The summed E-state index contributed by atoms with van der Waals surface area (Å²) in [5.74, 6) is 0. The number of nitrogens with one attached hydrogen (secondary N) is 1.